The van der Waals surface area contributed by atoms with Crippen LogP contribution in [0.15, 0.2) is 53.5 Å². The summed E-state index contributed by atoms with van der Waals surface area (Å²) in [5, 5.41) is 12.4. The molecule has 1 saturated heterocycles. The third-order valence-electron chi connectivity index (χ3n) is 5.12. The van der Waals surface area contributed by atoms with Crippen LogP contribution in [0.2, 0.25) is 0 Å². The first-order valence-corrected chi connectivity index (χ1v) is 10.4. The van der Waals surface area contributed by atoms with E-state index in [1.807, 2.05) is 6.07 Å². The first-order chi connectivity index (χ1) is 15.0. The molecule has 1 aliphatic heterocycles. The minimum Gasteiger partial charge on any atom is -0.478 e. The molecule has 2 aromatic carbocycles. The largest absolute Gasteiger partial charge is 0.478 e. The molecule has 2 aromatic rings. The van der Waals surface area contributed by atoms with Gasteiger partial charge < -0.3 is 20.1 Å². The van der Waals surface area contributed by atoms with E-state index in [-0.39, 0.29) is 11.4 Å². The van der Waals surface area contributed by atoms with Crippen LogP contribution in [-0.4, -0.2) is 73.3 Å². The molecular weight excluding hydrogens is 399 g/mol. The van der Waals surface area contributed by atoms with Crippen molar-refractivity contribution in [3.05, 3.63) is 65.5 Å². The summed E-state index contributed by atoms with van der Waals surface area (Å²) in [7, 11) is 1.67. The maximum atomic E-state index is 13.4. The Morgan fingerprint density at radius 2 is 1.90 bits per heavy atom. The van der Waals surface area contributed by atoms with Gasteiger partial charge in [0.15, 0.2) is 5.96 Å². The minimum absolute atomic E-state index is 0.209. The molecule has 1 heterocycles. The zero-order valence-electron chi connectivity index (χ0n) is 17.8. The van der Waals surface area contributed by atoms with E-state index in [1.54, 1.807) is 43.5 Å². The Hall–Kier alpha value is -2.97. The van der Waals surface area contributed by atoms with Crippen molar-refractivity contribution in [1.82, 2.24) is 9.80 Å². The average molecular weight is 429 g/mol. The van der Waals surface area contributed by atoms with Gasteiger partial charge in [-0.25, -0.2) is 9.18 Å². The molecule has 166 valence electrons. The van der Waals surface area contributed by atoms with Crippen molar-refractivity contribution in [1.29, 1.82) is 0 Å². The van der Waals surface area contributed by atoms with Crippen molar-refractivity contribution in [2.24, 2.45) is 4.99 Å². The number of carboxylic acid groups (broad SMARTS) is 1. The number of nitrogens with one attached hydrogen (secondary N) is 1. The summed E-state index contributed by atoms with van der Waals surface area (Å²) >= 11 is 0. The van der Waals surface area contributed by atoms with Gasteiger partial charge in [0, 0.05) is 58.7 Å². The van der Waals surface area contributed by atoms with Crippen molar-refractivity contribution in [2.45, 2.75) is 13.0 Å². The van der Waals surface area contributed by atoms with E-state index in [2.05, 4.69) is 15.1 Å². The van der Waals surface area contributed by atoms with E-state index in [0.717, 1.165) is 56.4 Å². The standard InChI is InChI=1S/C23H29FN4O3/c1-31-15-3-10-25-23(26-21-8-6-19(7-9-21)22(29)30)28-13-11-27(12-14-28)17-18-4-2-5-20(24)16-18/h2,4-9,16H,3,10-15,17H2,1H3,(H,25,26)(H,29,30). The van der Waals surface area contributed by atoms with E-state index < -0.39 is 5.97 Å². The van der Waals surface area contributed by atoms with Gasteiger partial charge in [0.05, 0.1) is 5.56 Å². The SMILES string of the molecule is COCCCN=C(Nc1ccc(C(=O)O)cc1)N1CCN(Cc2cccc(F)c2)CC1. The van der Waals surface area contributed by atoms with Gasteiger partial charge in [-0.15, -0.1) is 0 Å². The molecule has 8 heteroatoms. The highest BCUT2D eigenvalue weighted by Crippen LogP contribution is 2.14. The summed E-state index contributed by atoms with van der Waals surface area (Å²) in [5.41, 5.74) is 2.01. The molecular formula is C23H29FN4O3. The molecule has 2 N–H and O–H groups in total. The molecule has 3 rings (SSSR count). The summed E-state index contributed by atoms with van der Waals surface area (Å²) in [5.74, 6) is -0.390. The van der Waals surface area contributed by atoms with Crippen LogP contribution < -0.4 is 5.32 Å². The summed E-state index contributed by atoms with van der Waals surface area (Å²) in [6.07, 6.45) is 0.819. The molecule has 0 unspecified atom stereocenters. The van der Waals surface area contributed by atoms with Crippen molar-refractivity contribution in [3.63, 3.8) is 0 Å². The van der Waals surface area contributed by atoms with Crippen molar-refractivity contribution >= 4 is 17.6 Å². The number of methoxy groups -OCH3 is 1. The second kappa shape index (κ2) is 11.4. The van der Waals surface area contributed by atoms with Crippen molar-refractivity contribution in [2.75, 3.05) is 51.8 Å². The maximum absolute atomic E-state index is 13.4. The topological polar surface area (TPSA) is 77.4 Å². The molecule has 0 aliphatic carbocycles. The van der Waals surface area contributed by atoms with Crippen LogP contribution in [0.5, 0.6) is 0 Å². The van der Waals surface area contributed by atoms with Gasteiger partial charge in [0.2, 0.25) is 0 Å². The summed E-state index contributed by atoms with van der Waals surface area (Å²) in [6, 6.07) is 13.4. The average Bonchev–Trinajstić information content (AvgIpc) is 2.77. The molecule has 0 spiro atoms. The Morgan fingerprint density at radius 1 is 1.16 bits per heavy atom. The fraction of sp³-hybridized carbons (Fsp3) is 0.391. The summed E-state index contributed by atoms with van der Waals surface area (Å²) in [4.78, 5) is 20.3. The third-order valence-corrected chi connectivity index (χ3v) is 5.12. The Morgan fingerprint density at radius 3 is 2.55 bits per heavy atom. The number of rotatable bonds is 8. The number of halogens is 1. The molecule has 0 saturated carbocycles. The molecule has 0 bridgehead atoms. The van der Waals surface area contributed by atoms with E-state index in [9.17, 15) is 9.18 Å². The van der Waals surface area contributed by atoms with Gasteiger partial charge in [-0.05, 0) is 48.4 Å². The Bertz CT molecular complexity index is 881. The van der Waals surface area contributed by atoms with Crippen LogP contribution in [-0.2, 0) is 11.3 Å². The number of carboxylic acids is 1. The molecule has 0 amide bonds. The predicted octanol–water partition coefficient (Wildman–Crippen LogP) is 3.15. The van der Waals surface area contributed by atoms with Crippen LogP contribution >= 0.6 is 0 Å². The molecule has 1 fully saturated rings. The number of ether oxygens (including phenoxy) is 1. The number of nitrogens with zero attached hydrogens (tertiary/aromatic N) is 3. The van der Waals surface area contributed by atoms with Crippen LogP contribution in [0.3, 0.4) is 0 Å². The molecule has 31 heavy (non-hydrogen) atoms. The molecule has 0 aromatic heterocycles. The number of hydrogen-bond donors (Lipinski definition) is 2. The number of guanidine groups is 1. The van der Waals surface area contributed by atoms with Gasteiger partial charge in [0.1, 0.15) is 5.82 Å². The van der Waals surface area contributed by atoms with E-state index in [4.69, 9.17) is 14.8 Å². The number of anilines is 1. The summed E-state index contributed by atoms with van der Waals surface area (Å²) in [6.45, 7) is 5.26. The van der Waals surface area contributed by atoms with Gasteiger partial charge in [0.25, 0.3) is 0 Å². The van der Waals surface area contributed by atoms with E-state index >= 15 is 0 Å². The lowest BCUT2D eigenvalue weighted by Gasteiger charge is -2.36. The highest BCUT2D eigenvalue weighted by atomic mass is 19.1. The first kappa shape index (κ1) is 22.7. The maximum Gasteiger partial charge on any atom is 0.335 e. The zero-order valence-corrected chi connectivity index (χ0v) is 17.8. The number of piperazine rings is 1. The van der Waals surface area contributed by atoms with E-state index in [0.29, 0.717) is 13.2 Å². The second-order valence-electron chi connectivity index (χ2n) is 7.45. The molecule has 0 radical (unpaired) electrons. The van der Waals surface area contributed by atoms with Crippen LogP contribution in [0.25, 0.3) is 0 Å². The van der Waals surface area contributed by atoms with Crippen molar-refractivity contribution in [3.8, 4) is 0 Å². The first-order valence-electron chi connectivity index (χ1n) is 10.4. The second-order valence-corrected chi connectivity index (χ2v) is 7.45. The fourth-order valence-electron chi connectivity index (χ4n) is 3.45. The Balaban J connectivity index is 1.61. The number of hydrogen-bond acceptors (Lipinski definition) is 4. The highest BCUT2D eigenvalue weighted by Gasteiger charge is 2.20. The van der Waals surface area contributed by atoms with Crippen LogP contribution in [0.1, 0.15) is 22.3 Å². The van der Waals surface area contributed by atoms with Gasteiger partial charge in [-0.2, -0.15) is 0 Å². The number of benzene rings is 2. The minimum atomic E-state index is -0.950. The lowest BCUT2D eigenvalue weighted by Crippen LogP contribution is -2.50. The zero-order chi connectivity index (χ0) is 22.1. The predicted molar refractivity (Wildman–Crippen MR) is 119 cm³/mol. The quantitative estimate of drug-likeness (QED) is 0.382. The smallest absolute Gasteiger partial charge is 0.335 e. The Kier molecular flexibility index (Phi) is 8.37. The van der Waals surface area contributed by atoms with Crippen LogP contribution in [0, 0.1) is 5.82 Å². The number of aromatic carboxylic acids is 1. The number of carbonyl (C=O) groups is 1. The lowest BCUT2D eigenvalue weighted by atomic mass is 10.2. The van der Waals surface area contributed by atoms with Crippen LogP contribution in [0.4, 0.5) is 10.1 Å². The van der Waals surface area contributed by atoms with E-state index in [1.165, 1.54) is 6.07 Å². The molecule has 0 atom stereocenters. The molecule has 1 aliphatic rings. The highest BCUT2D eigenvalue weighted by molar-refractivity contribution is 5.94. The number of aliphatic imine (C=N–C) groups is 1. The fourth-order valence-corrected chi connectivity index (χ4v) is 3.45. The lowest BCUT2D eigenvalue weighted by molar-refractivity contribution is 0.0697. The normalized spacial score (nSPS) is 15.2. The van der Waals surface area contributed by atoms with Crippen molar-refractivity contribution < 1.29 is 19.0 Å². The van der Waals surface area contributed by atoms with Gasteiger partial charge in [-0.3, -0.25) is 9.89 Å². The Labute approximate surface area is 182 Å². The third kappa shape index (κ3) is 7.04. The summed E-state index contributed by atoms with van der Waals surface area (Å²) < 4.78 is 18.6. The van der Waals surface area contributed by atoms with Gasteiger partial charge >= 0.3 is 5.97 Å². The monoisotopic (exact) mass is 428 g/mol. The molecule has 7 nitrogen and oxygen atoms in total. The van der Waals surface area contributed by atoms with Gasteiger partial charge in [-0.1, -0.05) is 12.1 Å².